The molecule has 7 nitrogen and oxygen atoms in total. The van der Waals surface area contributed by atoms with Gasteiger partial charge in [0.05, 0.1) is 11.9 Å². The smallest absolute Gasteiger partial charge is 0.271 e. The van der Waals surface area contributed by atoms with E-state index >= 15 is 0 Å². The molecule has 2 bridgehead atoms. The fourth-order valence-corrected chi connectivity index (χ4v) is 4.40. The molecule has 0 spiro atoms. The number of amides is 2. The third-order valence-electron chi connectivity index (χ3n) is 5.72. The van der Waals surface area contributed by atoms with Crippen LogP contribution in [0.2, 0.25) is 0 Å². The Labute approximate surface area is 170 Å². The topological polar surface area (TPSA) is 84.4 Å². The van der Waals surface area contributed by atoms with Crippen molar-refractivity contribution >= 4 is 11.8 Å². The van der Waals surface area contributed by atoms with Crippen LogP contribution in [0.3, 0.4) is 0 Å². The highest BCUT2D eigenvalue weighted by atomic mass is 16.5. The summed E-state index contributed by atoms with van der Waals surface area (Å²) in [6.45, 7) is 3.88. The van der Waals surface area contributed by atoms with Crippen molar-refractivity contribution < 1.29 is 14.3 Å². The molecule has 1 aromatic heterocycles. The van der Waals surface area contributed by atoms with Gasteiger partial charge in [0.1, 0.15) is 11.4 Å². The van der Waals surface area contributed by atoms with Gasteiger partial charge in [-0.05, 0) is 57.2 Å². The number of aryl methyl sites for hydroxylation is 2. The lowest BCUT2D eigenvalue weighted by atomic mass is 9.97. The number of ether oxygens (including phenoxy) is 1. The molecule has 7 heteroatoms. The first-order valence-corrected chi connectivity index (χ1v) is 10.1. The summed E-state index contributed by atoms with van der Waals surface area (Å²) in [6.07, 6.45) is 6.55. The minimum Gasteiger partial charge on any atom is -0.484 e. The number of hydrogen-bond acceptors (Lipinski definition) is 5. The second-order valence-electron chi connectivity index (χ2n) is 7.98. The van der Waals surface area contributed by atoms with Crippen LogP contribution in [0, 0.1) is 13.8 Å². The number of aromatic nitrogens is 2. The van der Waals surface area contributed by atoms with Gasteiger partial charge in [0.2, 0.25) is 0 Å². The van der Waals surface area contributed by atoms with Gasteiger partial charge in [-0.3, -0.25) is 14.6 Å². The summed E-state index contributed by atoms with van der Waals surface area (Å²) in [4.78, 5) is 35.5. The van der Waals surface area contributed by atoms with Crippen LogP contribution in [-0.2, 0) is 4.79 Å². The number of nitrogens with one attached hydrogen (secondary N) is 1. The monoisotopic (exact) mass is 394 g/mol. The van der Waals surface area contributed by atoms with Crippen LogP contribution in [0.25, 0.3) is 0 Å². The van der Waals surface area contributed by atoms with Gasteiger partial charge >= 0.3 is 0 Å². The Bertz CT molecular complexity index is 885. The fourth-order valence-electron chi connectivity index (χ4n) is 4.40. The van der Waals surface area contributed by atoms with E-state index in [1.54, 1.807) is 6.20 Å². The van der Waals surface area contributed by atoms with Crippen molar-refractivity contribution in [3.8, 4) is 5.75 Å². The maximum absolute atomic E-state index is 12.8. The Kier molecular flexibility index (Phi) is 5.47. The zero-order valence-electron chi connectivity index (χ0n) is 16.8. The van der Waals surface area contributed by atoms with Crippen molar-refractivity contribution in [2.45, 2.75) is 57.7 Å². The first kappa shape index (κ1) is 19.4. The number of fused-ring (bicyclic) bond motifs is 2. The van der Waals surface area contributed by atoms with Crippen LogP contribution < -0.4 is 10.1 Å². The van der Waals surface area contributed by atoms with E-state index in [1.165, 1.54) is 6.20 Å². The number of benzene rings is 1. The van der Waals surface area contributed by atoms with Gasteiger partial charge in [0, 0.05) is 24.3 Å². The normalized spacial score (nSPS) is 23.0. The molecule has 2 unspecified atom stereocenters. The summed E-state index contributed by atoms with van der Waals surface area (Å²) in [5, 5.41) is 3.07. The Balaban J connectivity index is 1.33. The van der Waals surface area contributed by atoms with Crippen LogP contribution in [0.15, 0.2) is 36.7 Å². The summed E-state index contributed by atoms with van der Waals surface area (Å²) in [6, 6.07) is 8.06. The molecule has 1 N–H and O–H groups in total. The molecule has 2 aromatic rings. The largest absolute Gasteiger partial charge is 0.484 e. The number of carbonyl (C=O) groups is 2. The molecule has 4 rings (SSSR count). The number of rotatable bonds is 5. The molecule has 0 radical (unpaired) electrons. The number of hydrogen-bond donors (Lipinski definition) is 1. The van der Waals surface area contributed by atoms with E-state index < -0.39 is 0 Å². The van der Waals surface area contributed by atoms with Gasteiger partial charge in [0.15, 0.2) is 6.61 Å². The van der Waals surface area contributed by atoms with Crippen molar-refractivity contribution in [1.82, 2.24) is 20.2 Å². The average molecular weight is 394 g/mol. The number of carbonyl (C=O) groups excluding carboxylic acids is 2. The molecule has 2 atom stereocenters. The molecule has 2 amide bonds. The SMILES string of the molecule is Cc1cccc(OCC(=O)N2C3CCC2CC(NC(=O)c2cnc(C)cn2)C3)c1. The Hall–Kier alpha value is -2.96. The molecule has 1 aromatic carbocycles. The lowest BCUT2D eigenvalue weighted by Crippen LogP contribution is -2.53. The standard InChI is InChI=1S/C22H26N4O3/c1-14-4-3-5-19(8-14)29-13-21(27)26-17-6-7-18(26)10-16(9-17)25-22(28)20-12-23-15(2)11-24-20/h3-5,8,11-12,16-18H,6-7,9-10,13H2,1-2H3,(H,25,28). The van der Waals surface area contributed by atoms with E-state index in [9.17, 15) is 9.59 Å². The predicted molar refractivity (Wildman–Crippen MR) is 108 cm³/mol. The van der Waals surface area contributed by atoms with Crippen molar-refractivity contribution in [3.05, 3.63) is 53.6 Å². The zero-order chi connectivity index (χ0) is 20.4. The molecule has 29 heavy (non-hydrogen) atoms. The molecular weight excluding hydrogens is 368 g/mol. The van der Waals surface area contributed by atoms with Crippen LogP contribution in [0.4, 0.5) is 0 Å². The van der Waals surface area contributed by atoms with Gasteiger partial charge < -0.3 is 15.0 Å². The molecule has 2 aliphatic rings. The van der Waals surface area contributed by atoms with E-state index in [-0.39, 0.29) is 36.5 Å². The maximum atomic E-state index is 12.8. The molecule has 152 valence electrons. The van der Waals surface area contributed by atoms with Crippen molar-refractivity contribution in [3.63, 3.8) is 0 Å². The van der Waals surface area contributed by atoms with Crippen LogP contribution in [0.5, 0.6) is 5.75 Å². The van der Waals surface area contributed by atoms with Gasteiger partial charge in [-0.1, -0.05) is 12.1 Å². The van der Waals surface area contributed by atoms with Crippen molar-refractivity contribution in [2.24, 2.45) is 0 Å². The predicted octanol–water partition coefficient (Wildman–Crippen LogP) is 2.42. The molecular formula is C22H26N4O3. The maximum Gasteiger partial charge on any atom is 0.271 e. The van der Waals surface area contributed by atoms with Crippen LogP contribution in [-0.4, -0.2) is 51.4 Å². The van der Waals surface area contributed by atoms with Gasteiger partial charge in [-0.25, -0.2) is 4.98 Å². The Morgan fingerprint density at radius 2 is 1.90 bits per heavy atom. The molecule has 3 heterocycles. The van der Waals surface area contributed by atoms with Gasteiger partial charge in [-0.2, -0.15) is 0 Å². The number of piperidine rings is 1. The lowest BCUT2D eigenvalue weighted by molar-refractivity contribution is -0.138. The second kappa shape index (κ2) is 8.19. The summed E-state index contributed by atoms with van der Waals surface area (Å²) in [7, 11) is 0. The molecule has 2 fully saturated rings. The van der Waals surface area contributed by atoms with Gasteiger partial charge in [0.25, 0.3) is 11.8 Å². The second-order valence-corrected chi connectivity index (χ2v) is 7.98. The quantitative estimate of drug-likeness (QED) is 0.842. The van der Waals surface area contributed by atoms with Gasteiger partial charge in [-0.15, -0.1) is 0 Å². The third kappa shape index (κ3) is 4.39. The third-order valence-corrected chi connectivity index (χ3v) is 5.72. The van der Waals surface area contributed by atoms with Crippen LogP contribution in [0.1, 0.15) is 47.4 Å². The Morgan fingerprint density at radius 1 is 1.14 bits per heavy atom. The molecule has 2 saturated heterocycles. The van der Waals surface area contributed by atoms with E-state index in [0.29, 0.717) is 11.4 Å². The van der Waals surface area contributed by atoms with E-state index in [0.717, 1.165) is 36.9 Å². The minimum atomic E-state index is -0.204. The first-order chi connectivity index (χ1) is 14.0. The number of nitrogens with zero attached hydrogens (tertiary/aromatic N) is 3. The lowest BCUT2D eigenvalue weighted by Gasteiger charge is -2.39. The van der Waals surface area contributed by atoms with Crippen molar-refractivity contribution in [2.75, 3.05) is 6.61 Å². The summed E-state index contributed by atoms with van der Waals surface area (Å²) in [5.41, 5.74) is 2.21. The fraction of sp³-hybridized carbons (Fsp3) is 0.455. The Morgan fingerprint density at radius 3 is 2.55 bits per heavy atom. The summed E-state index contributed by atoms with van der Waals surface area (Å²) >= 11 is 0. The van der Waals surface area contributed by atoms with E-state index in [1.807, 2.05) is 43.0 Å². The highest BCUT2D eigenvalue weighted by molar-refractivity contribution is 5.92. The zero-order valence-corrected chi connectivity index (χ0v) is 16.8. The molecule has 0 aliphatic carbocycles. The average Bonchev–Trinajstić information content (AvgIpc) is 2.97. The highest BCUT2D eigenvalue weighted by Crippen LogP contribution is 2.36. The summed E-state index contributed by atoms with van der Waals surface area (Å²) in [5.74, 6) is 0.532. The highest BCUT2D eigenvalue weighted by Gasteiger charge is 2.43. The first-order valence-electron chi connectivity index (χ1n) is 10.1. The summed E-state index contributed by atoms with van der Waals surface area (Å²) < 4.78 is 5.71. The molecule has 2 aliphatic heterocycles. The van der Waals surface area contributed by atoms with Crippen molar-refractivity contribution in [1.29, 1.82) is 0 Å². The molecule has 0 saturated carbocycles. The van der Waals surface area contributed by atoms with E-state index in [2.05, 4.69) is 15.3 Å². The minimum absolute atomic E-state index is 0.0215. The van der Waals surface area contributed by atoms with E-state index in [4.69, 9.17) is 4.74 Å². The van der Waals surface area contributed by atoms with Crippen LogP contribution >= 0.6 is 0 Å².